The molecule has 0 bridgehead atoms. The van der Waals surface area contributed by atoms with Crippen LogP contribution in [0.25, 0.3) is 0 Å². The Kier molecular flexibility index (Phi) is 22.1. The van der Waals surface area contributed by atoms with Crippen molar-refractivity contribution in [2.45, 2.75) is 147 Å². The standard InChI is InChI=1S/C53H79N3O11/c1-7-10-11-12-13-14-15-16-17-22-33-64-52(60)56(29-8-2)48-37-45(55-63-6)42-34-38(23-18-20-30-57)41(24-19-21-31-58)49-43-35-40(26-28-46(43)67-53(48,50(42)49)65-32-9-3)66-51(59)54-44-27-25-39(61-4)36-47(44)62-5/h9,25-28,34-36,38,41,48-50,57-58H,3,7-8,10-24,29-33,37H2,1-2,4-6H3,(H,54,59)/t38-,41+,48-,49+,50+,53+/m0/s1. The van der Waals surface area contributed by atoms with Gasteiger partial charge in [0.15, 0.2) is 0 Å². The van der Waals surface area contributed by atoms with Gasteiger partial charge in [-0.25, -0.2) is 9.59 Å². The third-order valence-electron chi connectivity index (χ3n) is 13.5. The number of hydrogen-bond donors (Lipinski definition) is 3. The number of hydrogen-bond acceptors (Lipinski definition) is 12. The number of rotatable bonds is 30. The van der Waals surface area contributed by atoms with E-state index in [0.717, 1.165) is 56.1 Å². The van der Waals surface area contributed by atoms with E-state index in [1.807, 2.05) is 19.1 Å². The molecule has 67 heavy (non-hydrogen) atoms. The minimum atomic E-state index is -1.42. The highest BCUT2D eigenvalue weighted by Crippen LogP contribution is 2.62. The maximum Gasteiger partial charge on any atom is 0.417 e. The fourth-order valence-corrected chi connectivity index (χ4v) is 10.4. The number of benzene rings is 2. The van der Waals surface area contributed by atoms with Crippen molar-refractivity contribution in [3.8, 4) is 23.0 Å². The zero-order chi connectivity index (χ0) is 48.0. The second kappa shape index (κ2) is 27.9. The summed E-state index contributed by atoms with van der Waals surface area (Å²) in [5, 5.41) is 27.3. The Morgan fingerprint density at radius 2 is 1.57 bits per heavy atom. The quantitative estimate of drug-likeness (QED) is 0.0387. The summed E-state index contributed by atoms with van der Waals surface area (Å²) in [6, 6.07) is 9.77. The van der Waals surface area contributed by atoms with Gasteiger partial charge in [-0.2, -0.15) is 0 Å². The molecule has 3 aliphatic rings. The average Bonchev–Trinajstić information content (AvgIpc) is 3.33. The molecule has 14 heteroatoms. The van der Waals surface area contributed by atoms with Crippen molar-refractivity contribution in [2.24, 2.45) is 22.9 Å². The number of allylic oxidation sites excluding steroid dienone is 1. The minimum absolute atomic E-state index is 0.00792. The van der Waals surface area contributed by atoms with Crippen LogP contribution in [0, 0.1) is 17.8 Å². The monoisotopic (exact) mass is 934 g/mol. The number of carbonyl (C=O) groups is 2. The predicted octanol–water partition coefficient (Wildman–Crippen LogP) is 11.3. The Balaban J connectivity index is 1.54. The number of aliphatic hydroxyl groups is 2. The summed E-state index contributed by atoms with van der Waals surface area (Å²) in [7, 11) is 4.60. The highest BCUT2D eigenvalue weighted by atomic mass is 16.7. The summed E-state index contributed by atoms with van der Waals surface area (Å²) in [5.74, 6) is -0.372. The number of anilines is 1. The van der Waals surface area contributed by atoms with E-state index in [0.29, 0.717) is 66.8 Å². The lowest BCUT2D eigenvalue weighted by atomic mass is 9.55. The third-order valence-corrected chi connectivity index (χ3v) is 13.5. The first-order chi connectivity index (χ1) is 32.7. The van der Waals surface area contributed by atoms with Crippen LogP contribution in [0.3, 0.4) is 0 Å². The normalized spacial score (nSPS) is 22.1. The van der Waals surface area contributed by atoms with Crippen LogP contribution in [0.4, 0.5) is 15.3 Å². The Morgan fingerprint density at radius 3 is 2.22 bits per heavy atom. The van der Waals surface area contributed by atoms with Crippen LogP contribution in [0.5, 0.6) is 23.0 Å². The third kappa shape index (κ3) is 13.9. The topological polar surface area (TPSA) is 167 Å². The number of nitrogens with one attached hydrogen (secondary N) is 1. The number of unbranched alkanes of at least 4 members (excludes halogenated alkanes) is 11. The second-order valence-electron chi connectivity index (χ2n) is 18.0. The zero-order valence-electron chi connectivity index (χ0n) is 40.9. The fraction of sp³-hybridized carbons (Fsp3) is 0.642. The van der Waals surface area contributed by atoms with Gasteiger partial charge in [-0.15, -0.1) is 6.58 Å². The van der Waals surface area contributed by atoms with Gasteiger partial charge in [-0.05, 0) is 86.3 Å². The SMILES string of the molecule is C=CCO[C@@]12Oc3ccc(OC(=O)Nc4ccc(OC)cc4OC)cc3[C@H]3[C@H](CCCCO)[C@@H](CCCCO)C=C(C(=NOC)C[C@@H]1N(CCC)C(=O)OCCCCCCCCCCCC)[C@H]32. The Bertz CT molecular complexity index is 1920. The predicted molar refractivity (Wildman–Crippen MR) is 261 cm³/mol. The molecular weight excluding hydrogens is 855 g/mol. The van der Waals surface area contributed by atoms with Gasteiger partial charge in [-0.3, -0.25) is 10.2 Å². The van der Waals surface area contributed by atoms with E-state index in [9.17, 15) is 19.8 Å². The molecule has 0 aromatic heterocycles. The molecule has 2 amide bonds. The van der Waals surface area contributed by atoms with Crippen molar-refractivity contribution in [1.82, 2.24) is 4.90 Å². The second-order valence-corrected chi connectivity index (χ2v) is 18.0. The maximum absolute atomic E-state index is 14.5. The summed E-state index contributed by atoms with van der Waals surface area (Å²) in [4.78, 5) is 35.4. The van der Waals surface area contributed by atoms with Crippen LogP contribution in [0.15, 0.2) is 65.9 Å². The molecular formula is C53H79N3O11. The molecule has 3 N–H and O–H groups in total. The molecule has 2 aliphatic carbocycles. The van der Waals surface area contributed by atoms with E-state index in [2.05, 4.69) is 30.1 Å². The highest BCUT2D eigenvalue weighted by molar-refractivity contribution is 6.03. The average molecular weight is 934 g/mol. The highest BCUT2D eigenvalue weighted by Gasteiger charge is 2.65. The van der Waals surface area contributed by atoms with Crippen molar-refractivity contribution >= 4 is 23.6 Å². The number of nitrogens with zero attached hydrogens (tertiary/aromatic N) is 2. The molecule has 0 spiro atoms. The number of oxime groups is 1. The number of methoxy groups -OCH3 is 2. The van der Waals surface area contributed by atoms with E-state index in [1.54, 1.807) is 42.4 Å². The largest absolute Gasteiger partial charge is 0.497 e. The molecule has 5 rings (SSSR count). The molecule has 0 saturated heterocycles. The fourth-order valence-electron chi connectivity index (χ4n) is 10.4. The van der Waals surface area contributed by atoms with Crippen molar-refractivity contribution in [3.05, 3.63) is 66.3 Å². The maximum atomic E-state index is 14.5. The minimum Gasteiger partial charge on any atom is -0.497 e. The first-order valence-electron chi connectivity index (χ1n) is 25.0. The van der Waals surface area contributed by atoms with E-state index < -0.39 is 29.9 Å². The number of aliphatic hydroxyl groups excluding tert-OH is 2. The Labute approximate surface area is 399 Å². The van der Waals surface area contributed by atoms with E-state index in [-0.39, 0.29) is 44.0 Å². The van der Waals surface area contributed by atoms with Gasteiger partial charge in [0.2, 0.25) is 5.79 Å². The van der Waals surface area contributed by atoms with Gasteiger partial charge in [0.05, 0.1) is 44.8 Å². The first kappa shape index (κ1) is 53.2. The van der Waals surface area contributed by atoms with Gasteiger partial charge in [0.1, 0.15) is 36.1 Å². The molecule has 1 aliphatic heterocycles. The Morgan fingerprint density at radius 1 is 0.866 bits per heavy atom. The van der Waals surface area contributed by atoms with Crippen LogP contribution in [-0.4, -0.2) is 99.1 Å². The van der Waals surface area contributed by atoms with Gasteiger partial charge in [0.25, 0.3) is 0 Å². The lowest BCUT2D eigenvalue weighted by Crippen LogP contribution is -2.70. The lowest BCUT2D eigenvalue weighted by Gasteiger charge is -2.59. The molecule has 372 valence electrons. The smallest absolute Gasteiger partial charge is 0.417 e. The molecule has 0 unspecified atom stereocenters. The van der Waals surface area contributed by atoms with Crippen molar-refractivity contribution < 1.29 is 53.1 Å². The van der Waals surface area contributed by atoms with Gasteiger partial charge in [0, 0.05) is 43.7 Å². The van der Waals surface area contributed by atoms with E-state index in [1.165, 1.54) is 59.2 Å². The van der Waals surface area contributed by atoms with Crippen LogP contribution in [0.1, 0.15) is 141 Å². The molecule has 1 heterocycles. The van der Waals surface area contributed by atoms with Gasteiger partial charge < -0.3 is 43.5 Å². The van der Waals surface area contributed by atoms with E-state index >= 15 is 0 Å². The van der Waals surface area contributed by atoms with Gasteiger partial charge >= 0.3 is 12.2 Å². The summed E-state index contributed by atoms with van der Waals surface area (Å²) in [5.41, 5.74) is 2.84. The number of ether oxygens (including phenoxy) is 6. The van der Waals surface area contributed by atoms with E-state index in [4.69, 9.17) is 33.3 Å². The molecule has 2 aromatic carbocycles. The van der Waals surface area contributed by atoms with Gasteiger partial charge in [-0.1, -0.05) is 102 Å². The first-order valence-corrected chi connectivity index (χ1v) is 25.0. The number of fused-ring (bicyclic) bond motifs is 2. The molecule has 6 atom stereocenters. The van der Waals surface area contributed by atoms with Crippen LogP contribution >= 0.6 is 0 Å². The molecule has 0 radical (unpaired) electrons. The molecule has 2 aromatic rings. The zero-order valence-corrected chi connectivity index (χ0v) is 40.9. The van der Waals surface area contributed by atoms with Crippen LogP contribution in [-0.2, 0) is 14.3 Å². The Hall–Kier alpha value is -4.79. The van der Waals surface area contributed by atoms with Crippen LogP contribution < -0.4 is 24.3 Å². The molecule has 1 saturated carbocycles. The summed E-state index contributed by atoms with van der Waals surface area (Å²) in [6.45, 7) is 9.29. The molecule has 14 nitrogen and oxygen atoms in total. The van der Waals surface area contributed by atoms with Crippen molar-refractivity contribution in [2.75, 3.05) is 59.6 Å². The number of carbonyl (C=O) groups excluding carboxylic acids is 2. The molecule has 1 fully saturated rings. The van der Waals surface area contributed by atoms with Crippen molar-refractivity contribution in [1.29, 1.82) is 0 Å². The summed E-state index contributed by atoms with van der Waals surface area (Å²) in [6.07, 6.45) is 20.0. The van der Waals surface area contributed by atoms with Crippen molar-refractivity contribution in [3.63, 3.8) is 0 Å². The summed E-state index contributed by atoms with van der Waals surface area (Å²) >= 11 is 0. The summed E-state index contributed by atoms with van der Waals surface area (Å²) < 4.78 is 37.3. The van der Waals surface area contributed by atoms with Crippen LogP contribution in [0.2, 0.25) is 0 Å². The lowest BCUT2D eigenvalue weighted by molar-refractivity contribution is -0.255. The number of amides is 2.